The SMILES string of the molecule is COc1ccc2c(c1)C13CC(NCC4CCCCC4)COC1C(C2)N(CC1CC1)CC3C. The quantitative estimate of drug-likeness (QED) is 0.707. The van der Waals surface area contributed by atoms with Gasteiger partial charge in [-0.15, -0.1) is 0 Å². The van der Waals surface area contributed by atoms with Crippen molar-refractivity contribution in [3.05, 3.63) is 29.3 Å². The molecule has 3 aliphatic carbocycles. The van der Waals surface area contributed by atoms with Gasteiger partial charge in [0.15, 0.2) is 0 Å². The summed E-state index contributed by atoms with van der Waals surface area (Å²) in [5, 5.41) is 3.99. The molecule has 5 aliphatic rings. The second-order valence-electron chi connectivity index (χ2n) is 11.7. The first-order valence-corrected chi connectivity index (χ1v) is 13.4. The molecule has 4 fully saturated rings. The molecule has 1 aromatic carbocycles. The van der Waals surface area contributed by atoms with Crippen LogP contribution in [0.2, 0.25) is 0 Å². The smallest absolute Gasteiger partial charge is 0.119 e. The van der Waals surface area contributed by atoms with Crippen LogP contribution in [0.25, 0.3) is 0 Å². The Morgan fingerprint density at radius 1 is 1.12 bits per heavy atom. The fourth-order valence-corrected chi connectivity index (χ4v) is 7.71. The van der Waals surface area contributed by atoms with Crippen molar-refractivity contribution in [3.8, 4) is 5.75 Å². The molecule has 176 valence electrons. The zero-order valence-electron chi connectivity index (χ0n) is 20.2. The lowest BCUT2D eigenvalue weighted by atomic mass is 9.54. The minimum Gasteiger partial charge on any atom is -0.497 e. The van der Waals surface area contributed by atoms with Gasteiger partial charge in [-0.05, 0) is 86.1 Å². The van der Waals surface area contributed by atoms with Gasteiger partial charge in [-0.25, -0.2) is 0 Å². The first kappa shape index (κ1) is 21.4. The molecule has 2 aliphatic heterocycles. The first-order valence-electron chi connectivity index (χ1n) is 13.4. The second-order valence-corrected chi connectivity index (χ2v) is 11.7. The van der Waals surface area contributed by atoms with Gasteiger partial charge in [0, 0.05) is 30.6 Å². The Balaban J connectivity index is 1.30. The molecule has 0 aromatic heterocycles. The van der Waals surface area contributed by atoms with Gasteiger partial charge in [-0.3, -0.25) is 4.90 Å². The normalized spacial score (nSPS) is 37.6. The number of nitrogens with one attached hydrogen (secondary N) is 1. The number of ether oxygens (including phenoxy) is 2. The van der Waals surface area contributed by atoms with E-state index in [4.69, 9.17) is 9.47 Å². The molecule has 32 heavy (non-hydrogen) atoms. The van der Waals surface area contributed by atoms with Gasteiger partial charge in [0.25, 0.3) is 0 Å². The summed E-state index contributed by atoms with van der Waals surface area (Å²) in [5.74, 6) is 3.39. The van der Waals surface area contributed by atoms with Crippen LogP contribution in [0.4, 0.5) is 0 Å². The van der Waals surface area contributed by atoms with E-state index < -0.39 is 0 Å². The molecular weight excluding hydrogens is 396 g/mol. The molecule has 2 saturated carbocycles. The molecule has 4 nitrogen and oxygen atoms in total. The Morgan fingerprint density at radius 3 is 2.75 bits per heavy atom. The summed E-state index contributed by atoms with van der Waals surface area (Å²) in [6.45, 7) is 7.04. The molecule has 4 heteroatoms. The highest BCUT2D eigenvalue weighted by Crippen LogP contribution is 2.54. The van der Waals surface area contributed by atoms with Gasteiger partial charge in [0.2, 0.25) is 0 Å². The van der Waals surface area contributed by atoms with E-state index in [-0.39, 0.29) is 5.41 Å². The summed E-state index contributed by atoms with van der Waals surface area (Å²) in [5.41, 5.74) is 3.17. The van der Waals surface area contributed by atoms with Crippen LogP contribution in [-0.4, -0.2) is 56.4 Å². The lowest BCUT2D eigenvalue weighted by molar-refractivity contribution is -0.158. The number of hydrogen-bond donors (Lipinski definition) is 1. The van der Waals surface area contributed by atoms with E-state index in [9.17, 15) is 0 Å². The number of benzene rings is 1. The van der Waals surface area contributed by atoms with E-state index in [1.54, 1.807) is 7.11 Å². The minimum atomic E-state index is 0.106. The van der Waals surface area contributed by atoms with E-state index in [1.165, 1.54) is 82.1 Å². The van der Waals surface area contributed by atoms with E-state index >= 15 is 0 Å². The highest BCUT2D eigenvalue weighted by Gasteiger charge is 2.60. The van der Waals surface area contributed by atoms with Crippen molar-refractivity contribution in [3.63, 3.8) is 0 Å². The molecular formula is C28H42N2O2. The van der Waals surface area contributed by atoms with Crippen molar-refractivity contribution in [2.75, 3.05) is 33.4 Å². The van der Waals surface area contributed by atoms with E-state index in [0.717, 1.165) is 30.6 Å². The molecule has 1 aromatic rings. The van der Waals surface area contributed by atoms with Crippen LogP contribution in [0, 0.1) is 17.8 Å². The fourth-order valence-electron chi connectivity index (χ4n) is 7.71. The van der Waals surface area contributed by atoms with Gasteiger partial charge in [-0.1, -0.05) is 32.3 Å². The summed E-state index contributed by atoms with van der Waals surface area (Å²) < 4.78 is 12.6. The van der Waals surface area contributed by atoms with Crippen molar-refractivity contribution in [2.24, 2.45) is 17.8 Å². The monoisotopic (exact) mass is 438 g/mol. The van der Waals surface area contributed by atoms with Crippen molar-refractivity contribution in [1.82, 2.24) is 10.2 Å². The van der Waals surface area contributed by atoms with Crippen LogP contribution in [0.15, 0.2) is 18.2 Å². The highest BCUT2D eigenvalue weighted by atomic mass is 16.5. The van der Waals surface area contributed by atoms with Gasteiger partial charge in [-0.2, -0.15) is 0 Å². The van der Waals surface area contributed by atoms with Crippen LogP contribution in [0.5, 0.6) is 5.75 Å². The maximum atomic E-state index is 6.88. The summed E-state index contributed by atoms with van der Waals surface area (Å²) in [6, 6.07) is 7.88. The first-order chi connectivity index (χ1) is 15.7. The maximum absolute atomic E-state index is 6.88. The number of nitrogens with zero attached hydrogens (tertiary/aromatic N) is 1. The molecule has 6 rings (SSSR count). The highest BCUT2D eigenvalue weighted by molar-refractivity contribution is 5.47. The van der Waals surface area contributed by atoms with Crippen molar-refractivity contribution >= 4 is 0 Å². The minimum absolute atomic E-state index is 0.106. The maximum Gasteiger partial charge on any atom is 0.119 e. The van der Waals surface area contributed by atoms with Crippen LogP contribution in [-0.2, 0) is 16.6 Å². The van der Waals surface area contributed by atoms with Gasteiger partial charge >= 0.3 is 0 Å². The Kier molecular flexibility index (Phi) is 5.76. The molecule has 5 unspecified atom stereocenters. The average Bonchev–Trinajstić information content (AvgIpc) is 3.65. The predicted molar refractivity (Wildman–Crippen MR) is 128 cm³/mol. The van der Waals surface area contributed by atoms with E-state index in [0.29, 0.717) is 24.1 Å². The Bertz CT molecular complexity index is 818. The van der Waals surface area contributed by atoms with Crippen LogP contribution in [0.1, 0.15) is 69.4 Å². The largest absolute Gasteiger partial charge is 0.497 e. The van der Waals surface area contributed by atoms with Gasteiger partial charge < -0.3 is 14.8 Å². The summed E-state index contributed by atoms with van der Waals surface area (Å²) in [4.78, 5) is 2.81. The summed E-state index contributed by atoms with van der Waals surface area (Å²) >= 11 is 0. The van der Waals surface area contributed by atoms with Crippen LogP contribution < -0.4 is 10.1 Å². The summed E-state index contributed by atoms with van der Waals surface area (Å²) in [7, 11) is 1.80. The Labute approximate surface area is 194 Å². The lowest BCUT2D eigenvalue weighted by Crippen LogP contribution is -2.71. The standard InChI is InChI=1S/C28H42N2O2/c1-19-16-30(17-21-8-9-21)26-12-22-10-11-24(31-2)13-25(22)28(19)14-23(18-32-27(26)28)29-15-20-6-4-3-5-7-20/h10-11,13,19-21,23,26-27,29H,3-9,12,14-18H2,1-2H3. The molecule has 0 radical (unpaired) electrons. The zero-order chi connectivity index (χ0) is 21.7. The number of hydrogen-bond acceptors (Lipinski definition) is 4. The van der Waals surface area contributed by atoms with Crippen molar-refractivity contribution in [2.45, 2.75) is 88.3 Å². The Morgan fingerprint density at radius 2 is 1.97 bits per heavy atom. The van der Waals surface area contributed by atoms with Gasteiger partial charge in [0.05, 0.1) is 19.8 Å². The van der Waals surface area contributed by atoms with E-state index in [1.807, 2.05) is 0 Å². The number of piperidine rings is 1. The molecule has 1 N–H and O–H groups in total. The second kappa shape index (κ2) is 8.60. The van der Waals surface area contributed by atoms with Gasteiger partial charge in [0.1, 0.15) is 5.75 Å². The third kappa shape index (κ3) is 3.71. The molecule has 2 saturated heterocycles. The van der Waals surface area contributed by atoms with E-state index in [2.05, 4.69) is 35.3 Å². The van der Waals surface area contributed by atoms with Crippen LogP contribution in [0.3, 0.4) is 0 Å². The summed E-state index contributed by atoms with van der Waals surface area (Å²) in [6.07, 6.45) is 12.6. The van der Waals surface area contributed by atoms with Crippen molar-refractivity contribution in [1.29, 1.82) is 0 Å². The Hall–Kier alpha value is -1.10. The molecule has 2 bridgehead atoms. The lowest BCUT2D eigenvalue weighted by Gasteiger charge is -2.62. The number of methoxy groups -OCH3 is 1. The molecule has 0 spiro atoms. The van der Waals surface area contributed by atoms with Crippen molar-refractivity contribution < 1.29 is 9.47 Å². The molecule has 5 atom stereocenters. The number of rotatable bonds is 6. The average molecular weight is 439 g/mol. The number of fused-ring (bicyclic) bond motifs is 1. The molecule has 0 amide bonds. The number of likely N-dealkylation sites (tertiary alicyclic amines) is 1. The third-order valence-corrected chi connectivity index (χ3v) is 9.63. The fraction of sp³-hybridized carbons (Fsp3) is 0.786. The van der Waals surface area contributed by atoms with Crippen LogP contribution >= 0.6 is 0 Å². The third-order valence-electron chi connectivity index (χ3n) is 9.63. The molecule has 2 heterocycles. The zero-order valence-corrected chi connectivity index (χ0v) is 20.2. The predicted octanol–water partition coefficient (Wildman–Crippen LogP) is 4.55. The topological polar surface area (TPSA) is 33.7 Å².